The Morgan fingerprint density at radius 1 is 0.900 bits per heavy atom. The summed E-state index contributed by atoms with van der Waals surface area (Å²) < 4.78 is 34.8. The molecule has 1 N–H and O–H groups in total. The second-order valence-electron chi connectivity index (χ2n) is 7.48. The molecule has 0 amide bonds. The summed E-state index contributed by atoms with van der Waals surface area (Å²) in [6.45, 7) is 6.92. The molecule has 0 aliphatic carbocycles. The summed E-state index contributed by atoms with van der Waals surface area (Å²) >= 11 is 0. The van der Waals surface area contributed by atoms with Crippen LogP contribution in [-0.4, -0.2) is 43.4 Å². The highest BCUT2D eigenvalue weighted by atomic mass is 35.7. The molecule has 10 heteroatoms. The van der Waals surface area contributed by atoms with Crippen molar-refractivity contribution in [3.63, 3.8) is 0 Å². The second-order valence-corrected chi connectivity index (χ2v) is 12.6. The highest BCUT2D eigenvalue weighted by Gasteiger charge is 2.37. The van der Waals surface area contributed by atoms with Gasteiger partial charge in [0, 0.05) is 12.8 Å². The van der Waals surface area contributed by atoms with Gasteiger partial charge in [0.05, 0.1) is 33.4 Å². The average molecular weight is 462 g/mol. The summed E-state index contributed by atoms with van der Waals surface area (Å²) in [7, 11) is -5.76. The summed E-state index contributed by atoms with van der Waals surface area (Å²) in [5, 5.41) is 12.7. The Bertz CT molecular complexity index is 670. The van der Waals surface area contributed by atoms with Crippen molar-refractivity contribution < 1.29 is 28.9 Å². The van der Waals surface area contributed by atoms with Gasteiger partial charge in [0.25, 0.3) is 0 Å². The number of tetrazole rings is 1. The number of benzene rings is 1. The molecule has 0 aliphatic heterocycles. The molecule has 0 unspecified atom stereocenters. The first kappa shape index (κ1) is 26.9. The summed E-state index contributed by atoms with van der Waals surface area (Å²) in [6.07, 6.45) is 13.1. The molecular weight excluding hydrogens is 427 g/mol. The fraction of sp³-hybridized carbons (Fsp3) is 0.650. The number of hydrogen-bond acceptors (Lipinski definition) is 7. The van der Waals surface area contributed by atoms with E-state index in [9.17, 15) is 0 Å². The van der Waals surface area contributed by atoms with Gasteiger partial charge in [-0.05, 0) is 29.7 Å². The van der Waals surface area contributed by atoms with E-state index in [0.717, 1.165) is 17.7 Å². The number of aromatic nitrogens is 4. The molecule has 30 heavy (non-hydrogen) atoms. The van der Waals surface area contributed by atoms with Crippen molar-refractivity contribution in [2.45, 2.75) is 65.6 Å². The Morgan fingerprint density at radius 3 is 1.80 bits per heavy atom. The Hall–Kier alpha value is -1.15. The fourth-order valence-corrected chi connectivity index (χ4v) is 8.22. The number of nitrogens with zero attached hydrogens (tertiary/aromatic N) is 4. The molecule has 1 aromatic heterocycles. The molecule has 2 rings (SSSR count). The molecule has 0 bridgehead atoms. The molecule has 1 aromatic carbocycles. The molecular formula is C20H35ClN4O4P+. The van der Waals surface area contributed by atoms with E-state index in [1.54, 1.807) is 0 Å². The van der Waals surface area contributed by atoms with E-state index in [-0.39, 0.29) is 0 Å². The SMILES string of the molecule is CCCC[P+](CCCC)(CCCC)Cn1nnnc1-c1ccccc1.[O-][Cl+3]([O-])([O-])O. The highest BCUT2D eigenvalue weighted by Crippen LogP contribution is 2.62. The van der Waals surface area contributed by atoms with Crippen molar-refractivity contribution in [2.75, 3.05) is 18.5 Å². The van der Waals surface area contributed by atoms with E-state index < -0.39 is 17.5 Å². The molecule has 1 heterocycles. The highest BCUT2D eigenvalue weighted by molar-refractivity contribution is 7.74. The topological polar surface area (TPSA) is 133 Å². The van der Waals surface area contributed by atoms with Crippen molar-refractivity contribution in [1.82, 2.24) is 20.2 Å². The minimum Gasteiger partial charge on any atom is -0.190 e. The molecule has 0 aliphatic rings. The molecule has 0 atom stereocenters. The maximum atomic E-state index is 8.60. The van der Waals surface area contributed by atoms with Crippen LogP contribution in [0.25, 0.3) is 11.4 Å². The molecule has 0 fully saturated rings. The van der Waals surface area contributed by atoms with Crippen LogP contribution in [0.4, 0.5) is 0 Å². The van der Waals surface area contributed by atoms with Gasteiger partial charge in [-0.1, -0.05) is 70.4 Å². The minimum atomic E-state index is -4.69. The number of halogens is 1. The van der Waals surface area contributed by atoms with Gasteiger partial charge in [-0.15, -0.1) is 5.10 Å². The minimum absolute atomic E-state index is 0.925. The van der Waals surface area contributed by atoms with E-state index in [2.05, 4.69) is 65.2 Å². The van der Waals surface area contributed by atoms with Gasteiger partial charge in [0.1, 0.15) is 0 Å². The molecule has 2 aromatic rings. The summed E-state index contributed by atoms with van der Waals surface area (Å²) in [6, 6.07) is 10.4. The summed E-state index contributed by atoms with van der Waals surface area (Å²) in [4.78, 5) is 0. The van der Waals surface area contributed by atoms with Crippen molar-refractivity contribution in [1.29, 1.82) is 0 Å². The lowest BCUT2D eigenvalue weighted by molar-refractivity contribution is -1.92. The third kappa shape index (κ3) is 10.8. The van der Waals surface area contributed by atoms with E-state index in [4.69, 9.17) is 18.6 Å². The first-order chi connectivity index (χ1) is 14.2. The zero-order valence-electron chi connectivity index (χ0n) is 18.2. The van der Waals surface area contributed by atoms with Crippen LogP contribution in [0.3, 0.4) is 0 Å². The zero-order chi connectivity index (χ0) is 22.5. The lowest BCUT2D eigenvalue weighted by atomic mass is 10.2. The van der Waals surface area contributed by atoms with E-state index in [1.165, 1.54) is 57.0 Å². The monoisotopic (exact) mass is 461 g/mol. The van der Waals surface area contributed by atoms with Gasteiger partial charge in [-0.3, -0.25) is 0 Å². The second kappa shape index (κ2) is 14.0. The molecule has 0 spiro atoms. The maximum absolute atomic E-state index is 8.60. The van der Waals surface area contributed by atoms with E-state index >= 15 is 0 Å². The van der Waals surface area contributed by atoms with Gasteiger partial charge in [0.15, 0.2) is 12.1 Å². The molecule has 0 saturated carbocycles. The summed E-state index contributed by atoms with van der Waals surface area (Å²) in [5.41, 5.74) is 1.12. The normalized spacial score (nSPS) is 11.8. The predicted octanol–water partition coefficient (Wildman–Crippen LogP) is 1.59. The van der Waals surface area contributed by atoms with E-state index in [1.807, 2.05) is 6.07 Å². The van der Waals surface area contributed by atoms with Crippen LogP contribution < -0.4 is 14.0 Å². The number of rotatable bonds is 12. The first-order valence-corrected chi connectivity index (χ1v) is 14.3. The van der Waals surface area contributed by atoms with Crippen molar-refractivity contribution in [3.8, 4) is 11.4 Å². The fourth-order valence-electron chi connectivity index (χ4n) is 3.41. The van der Waals surface area contributed by atoms with Gasteiger partial charge in [0.2, 0.25) is 0 Å². The Morgan fingerprint density at radius 2 is 1.37 bits per heavy atom. The third-order valence-corrected chi connectivity index (χ3v) is 9.62. The van der Waals surface area contributed by atoms with Crippen LogP contribution in [0.5, 0.6) is 0 Å². The Balaban J connectivity index is 0.000000804. The maximum Gasteiger partial charge on any atom is 0.185 e. The number of hydrogen-bond donors (Lipinski definition) is 1. The van der Waals surface area contributed by atoms with Crippen LogP contribution in [-0.2, 0) is 6.29 Å². The molecule has 0 saturated heterocycles. The van der Waals surface area contributed by atoms with Crippen LogP contribution in [0.15, 0.2) is 30.3 Å². The molecule has 170 valence electrons. The van der Waals surface area contributed by atoms with Crippen molar-refractivity contribution >= 4 is 7.26 Å². The van der Waals surface area contributed by atoms with Crippen molar-refractivity contribution in [3.05, 3.63) is 30.3 Å². The lowest BCUT2D eigenvalue weighted by Gasteiger charge is -2.27. The Labute approximate surface area is 182 Å². The largest absolute Gasteiger partial charge is 0.190 e. The molecule has 8 nitrogen and oxygen atoms in total. The van der Waals surface area contributed by atoms with Crippen LogP contribution in [0, 0.1) is 10.2 Å². The van der Waals surface area contributed by atoms with E-state index in [0.29, 0.717) is 0 Å². The van der Waals surface area contributed by atoms with Gasteiger partial charge >= 0.3 is 0 Å². The zero-order valence-corrected chi connectivity index (χ0v) is 19.9. The van der Waals surface area contributed by atoms with Crippen LogP contribution in [0.2, 0.25) is 0 Å². The van der Waals surface area contributed by atoms with Gasteiger partial charge in [-0.2, -0.15) is 18.7 Å². The smallest absolute Gasteiger partial charge is 0.185 e. The first-order valence-electron chi connectivity index (χ1n) is 10.5. The van der Waals surface area contributed by atoms with Crippen molar-refractivity contribution in [2.24, 2.45) is 0 Å². The lowest BCUT2D eigenvalue weighted by Crippen LogP contribution is -2.58. The van der Waals surface area contributed by atoms with Crippen LogP contribution in [0.1, 0.15) is 59.3 Å². The molecule has 0 radical (unpaired) electrons. The standard InChI is InChI=1S/C20H34N4P.ClHO4/c1-4-7-15-25(16-8-5-2,17-9-6-3)18-24-20(21-22-23-24)19-13-11-10-12-14-19;2-1(3,4)5/h10-14H,4-9,15-18H2,1-3H3;(H,2,3,4,5)/q+1;. The van der Waals surface area contributed by atoms with Gasteiger partial charge in [-0.25, -0.2) is 0 Å². The Kier molecular flexibility index (Phi) is 12.6. The summed E-state index contributed by atoms with van der Waals surface area (Å²) in [5.74, 6) is 0.925. The number of unbranched alkanes of at least 4 members (excludes halogenated alkanes) is 3. The predicted molar refractivity (Wildman–Crippen MR) is 112 cm³/mol. The van der Waals surface area contributed by atoms with Gasteiger partial charge < -0.3 is 0 Å². The third-order valence-electron chi connectivity index (χ3n) is 4.96. The average Bonchev–Trinajstić information content (AvgIpc) is 3.16. The quantitative estimate of drug-likeness (QED) is 0.474. The van der Waals surface area contributed by atoms with Crippen LogP contribution >= 0.6 is 7.26 Å².